The zero-order valence-electron chi connectivity index (χ0n) is 14.3. The number of carbonyl (C=O) groups excluding carboxylic acids is 1. The van der Waals surface area contributed by atoms with E-state index in [1.807, 2.05) is 26.0 Å². The Morgan fingerprint density at radius 1 is 1.16 bits per heavy atom. The largest absolute Gasteiger partial charge is 0.348 e. The highest BCUT2D eigenvalue weighted by atomic mass is 16.2. The molecule has 2 heterocycles. The summed E-state index contributed by atoms with van der Waals surface area (Å²) in [7, 11) is 0. The number of H-pyrrole nitrogens is 1. The number of carbonyl (C=O) groups is 1. The van der Waals surface area contributed by atoms with E-state index >= 15 is 0 Å². The Balaban J connectivity index is 1.81. The molecule has 0 saturated heterocycles. The molecule has 0 fully saturated rings. The topological polar surface area (TPSA) is 101 Å². The van der Waals surface area contributed by atoms with Gasteiger partial charge in [0.25, 0.3) is 5.56 Å². The van der Waals surface area contributed by atoms with Gasteiger partial charge in [-0.05, 0) is 32.9 Å². The maximum absolute atomic E-state index is 12.5. The van der Waals surface area contributed by atoms with Gasteiger partial charge in [-0.1, -0.05) is 18.2 Å². The van der Waals surface area contributed by atoms with Crippen molar-refractivity contribution in [3.63, 3.8) is 0 Å². The second kappa shape index (κ2) is 6.80. The van der Waals surface area contributed by atoms with Crippen molar-refractivity contribution in [1.29, 1.82) is 0 Å². The fraction of sp³-hybridized carbons (Fsp3) is 0.278. The highest BCUT2D eigenvalue weighted by molar-refractivity contribution is 5.90. The van der Waals surface area contributed by atoms with Crippen LogP contribution in [-0.4, -0.2) is 26.1 Å². The lowest BCUT2D eigenvalue weighted by atomic mass is 10.0. The van der Waals surface area contributed by atoms with Crippen LogP contribution in [0.2, 0.25) is 0 Å². The fourth-order valence-electron chi connectivity index (χ4n) is 2.79. The molecule has 0 bridgehead atoms. The summed E-state index contributed by atoms with van der Waals surface area (Å²) >= 11 is 0. The highest BCUT2D eigenvalue weighted by Crippen LogP contribution is 2.20. The molecule has 3 aromatic rings. The Morgan fingerprint density at radius 3 is 2.48 bits per heavy atom. The van der Waals surface area contributed by atoms with Crippen LogP contribution in [0.3, 0.4) is 0 Å². The summed E-state index contributed by atoms with van der Waals surface area (Å²) in [5.41, 5.74) is 1.99. The van der Waals surface area contributed by atoms with Gasteiger partial charge in [0, 0.05) is 16.8 Å². The van der Waals surface area contributed by atoms with E-state index in [0.717, 1.165) is 11.4 Å². The standard InChI is InChI=1S/C18H19N5O2/c1-10-8-11(2)21-15(20-10)9-19-17(24)12(3)16-13-6-4-5-7-14(13)18(25)23-22-16/h4-8,12H,9H2,1-3H3,(H,19,24)(H,23,25). The number of amides is 1. The molecule has 0 spiro atoms. The predicted octanol–water partition coefficient (Wildman–Crippen LogP) is 1.75. The molecule has 0 radical (unpaired) electrons. The molecule has 0 saturated carbocycles. The van der Waals surface area contributed by atoms with Gasteiger partial charge in [-0.25, -0.2) is 15.1 Å². The first-order valence-electron chi connectivity index (χ1n) is 8.02. The summed E-state index contributed by atoms with van der Waals surface area (Å²) in [6, 6.07) is 8.99. The van der Waals surface area contributed by atoms with Crippen molar-refractivity contribution < 1.29 is 4.79 Å². The molecule has 0 aliphatic heterocycles. The molecule has 0 aliphatic carbocycles. The maximum Gasteiger partial charge on any atom is 0.272 e. The van der Waals surface area contributed by atoms with Crippen molar-refractivity contribution in [2.24, 2.45) is 0 Å². The van der Waals surface area contributed by atoms with Gasteiger partial charge in [-0.15, -0.1) is 0 Å². The van der Waals surface area contributed by atoms with E-state index < -0.39 is 5.92 Å². The molecule has 25 heavy (non-hydrogen) atoms. The molecule has 1 atom stereocenters. The van der Waals surface area contributed by atoms with Crippen LogP contribution in [0.5, 0.6) is 0 Å². The van der Waals surface area contributed by atoms with Crippen LogP contribution in [-0.2, 0) is 11.3 Å². The number of nitrogens with one attached hydrogen (secondary N) is 2. The van der Waals surface area contributed by atoms with Crippen molar-refractivity contribution >= 4 is 16.7 Å². The summed E-state index contributed by atoms with van der Waals surface area (Å²) in [5, 5.41) is 10.6. The number of fused-ring (bicyclic) bond motifs is 1. The quantitative estimate of drug-likeness (QED) is 0.755. The molecule has 1 unspecified atom stereocenters. The van der Waals surface area contributed by atoms with E-state index in [4.69, 9.17) is 0 Å². The molecule has 128 valence electrons. The van der Waals surface area contributed by atoms with E-state index in [2.05, 4.69) is 25.5 Å². The van der Waals surface area contributed by atoms with E-state index in [1.165, 1.54) is 0 Å². The Bertz CT molecular complexity index is 976. The van der Waals surface area contributed by atoms with Gasteiger partial charge in [0.15, 0.2) is 0 Å². The molecule has 1 aromatic carbocycles. The van der Waals surface area contributed by atoms with Crippen LogP contribution in [0.1, 0.15) is 35.7 Å². The van der Waals surface area contributed by atoms with Crippen molar-refractivity contribution in [2.75, 3.05) is 0 Å². The van der Waals surface area contributed by atoms with Crippen LogP contribution in [0.15, 0.2) is 35.1 Å². The van der Waals surface area contributed by atoms with Crippen LogP contribution >= 0.6 is 0 Å². The number of nitrogens with zero attached hydrogens (tertiary/aromatic N) is 3. The average Bonchev–Trinajstić information content (AvgIpc) is 2.59. The third kappa shape index (κ3) is 3.55. The lowest BCUT2D eigenvalue weighted by Crippen LogP contribution is -2.29. The van der Waals surface area contributed by atoms with Crippen molar-refractivity contribution in [3.05, 3.63) is 63.6 Å². The Hall–Kier alpha value is -3.09. The number of benzene rings is 1. The minimum atomic E-state index is -0.521. The Kier molecular flexibility index (Phi) is 4.56. The average molecular weight is 337 g/mol. The lowest BCUT2D eigenvalue weighted by molar-refractivity contribution is -0.122. The minimum Gasteiger partial charge on any atom is -0.348 e. The number of hydrogen-bond acceptors (Lipinski definition) is 5. The second-order valence-corrected chi connectivity index (χ2v) is 5.99. The first-order valence-corrected chi connectivity index (χ1v) is 8.02. The van der Waals surface area contributed by atoms with Crippen LogP contribution < -0.4 is 10.9 Å². The normalized spacial score (nSPS) is 12.1. The van der Waals surface area contributed by atoms with E-state index in [-0.39, 0.29) is 18.0 Å². The monoisotopic (exact) mass is 337 g/mol. The SMILES string of the molecule is Cc1cc(C)nc(CNC(=O)C(C)c2n[nH]c(=O)c3ccccc23)n1. The molecular weight excluding hydrogens is 318 g/mol. The van der Waals surface area contributed by atoms with E-state index in [0.29, 0.717) is 22.3 Å². The Labute approximate surface area is 144 Å². The first kappa shape index (κ1) is 16.8. The van der Waals surface area contributed by atoms with E-state index in [1.54, 1.807) is 25.1 Å². The number of aromatic nitrogens is 4. The van der Waals surface area contributed by atoms with E-state index in [9.17, 15) is 9.59 Å². The number of hydrogen-bond donors (Lipinski definition) is 2. The van der Waals surface area contributed by atoms with Gasteiger partial charge in [0.1, 0.15) is 5.82 Å². The van der Waals surface area contributed by atoms with Gasteiger partial charge in [0.2, 0.25) is 5.91 Å². The minimum absolute atomic E-state index is 0.201. The molecule has 2 aromatic heterocycles. The number of aromatic amines is 1. The Morgan fingerprint density at radius 2 is 1.80 bits per heavy atom. The van der Waals surface area contributed by atoms with Gasteiger partial charge in [-0.3, -0.25) is 9.59 Å². The van der Waals surface area contributed by atoms with Crippen LogP contribution in [0.25, 0.3) is 10.8 Å². The summed E-state index contributed by atoms with van der Waals surface area (Å²) in [6.45, 7) is 5.77. The molecule has 7 heteroatoms. The third-order valence-corrected chi connectivity index (χ3v) is 3.98. The van der Waals surface area contributed by atoms with Crippen molar-refractivity contribution in [1.82, 2.24) is 25.5 Å². The summed E-state index contributed by atoms with van der Waals surface area (Å²) in [6.07, 6.45) is 0. The van der Waals surface area contributed by atoms with Gasteiger partial charge >= 0.3 is 0 Å². The van der Waals surface area contributed by atoms with Crippen LogP contribution in [0, 0.1) is 13.8 Å². The maximum atomic E-state index is 12.5. The summed E-state index contributed by atoms with van der Waals surface area (Å²) in [5.74, 6) is -0.155. The second-order valence-electron chi connectivity index (χ2n) is 5.99. The summed E-state index contributed by atoms with van der Waals surface area (Å²) in [4.78, 5) is 33.0. The smallest absolute Gasteiger partial charge is 0.272 e. The van der Waals surface area contributed by atoms with Crippen molar-refractivity contribution in [2.45, 2.75) is 33.2 Å². The molecule has 7 nitrogen and oxygen atoms in total. The zero-order chi connectivity index (χ0) is 18.0. The fourth-order valence-corrected chi connectivity index (χ4v) is 2.79. The molecule has 3 rings (SSSR count). The third-order valence-electron chi connectivity index (χ3n) is 3.98. The highest BCUT2D eigenvalue weighted by Gasteiger charge is 2.20. The first-order chi connectivity index (χ1) is 12.0. The zero-order valence-corrected chi connectivity index (χ0v) is 14.3. The van der Waals surface area contributed by atoms with Crippen molar-refractivity contribution in [3.8, 4) is 0 Å². The summed E-state index contributed by atoms with van der Waals surface area (Å²) < 4.78 is 0. The molecule has 0 aliphatic rings. The molecule has 2 N–H and O–H groups in total. The molecule has 1 amide bonds. The predicted molar refractivity (Wildman–Crippen MR) is 94.1 cm³/mol. The molecular formula is C18H19N5O2. The number of aryl methyl sites for hydroxylation is 2. The lowest BCUT2D eigenvalue weighted by Gasteiger charge is -2.13. The van der Waals surface area contributed by atoms with Gasteiger partial charge < -0.3 is 5.32 Å². The van der Waals surface area contributed by atoms with Gasteiger partial charge in [-0.2, -0.15) is 5.10 Å². The van der Waals surface area contributed by atoms with Crippen LogP contribution in [0.4, 0.5) is 0 Å². The number of rotatable bonds is 4. The van der Waals surface area contributed by atoms with Gasteiger partial charge in [0.05, 0.1) is 23.5 Å².